The van der Waals surface area contributed by atoms with E-state index >= 15 is 0 Å². The van der Waals surface area contributed by atoms with Gasteiger partial charge in [0.25, 0.3) is 0 Å². The van der Waals surface area contributed by atoms with E-state index in [1.165, 1.54) is 0 Å². The number of anilines is 1. The average molecular weight is 305 g/mol. The molecule has 2 atom stereocenters. The molecule has 22 heavy (non-hydrogen) atoms. The summed E-state index contributed by atoms with van der Waals surface area (Å²) in [7, 11) is 1.67. The van der Waals surface area contributed by atoms with E-state index in [1.807, 2.05) is 23.1 Å². The largest absolute Gasteiger partial charge is 0.497 e. The number of hydrogen-bond donors (Lipinski definition) is 2. The Labute approximate surface area is 130 Å². The van der Waals surface area contributed by atoms with Crippen molar-refractivity contribution in [3.05, 3.63) is 24.3 Å². The van der Waals surface area contributed by atoms with Crippen LogP contribution in [-0.2, 0) is 4.79 Å². The molecule has 1 aromatic rings. The maximum absolute atomic E-state index is 12.4. The molecular formula is C16H23N3O3. The van der Waals surface area contributed by atoms with Gasteiger partial charge in [0.1, 0.15) is 5.75 Å². The van der Waals surface area contributed by atoms with Gasteiger partial charge in [-0.2, -0.15) is 0 Å². The van der Waals surface area contributed by atoms with Crippen LogP contribution in [0.25, 0.3) is 0 Å². The molecule has 2 aliphatic rings. The predicted molar refractivity (Wildman–Crippen MR) is 84.2 cm³/mol. The standard InChI is InChI=1S/C16H23N3O3/c1-22-14-4-2-3-12(9-14)18-5-7-19(8-6-18)16(21)15-10-13(20)11-17-15/h2-4,9,13,15,17,20H,5-8,10-11H2,1H3/t13-,15+/m1/s1. The summed E-state index contributed by atoms with van der Waals surface area (Å²) in [5, 5.41) is 12.6. The Morgan fingerprint density at radius 3 is 2.73 bits per heavy atom. The van der Waals surface area contributed by atoms with Crippen LogP contribution in [0.2, 0.25) is 0 Å². The fourth-order valence-electron chi connectivity index (χ4n) is 3.12. The lowest BCUT2D eigenvalue weighted by Crippen LogP contribution is -2.53. The number of piperazine rings is 1. The van der Waals surface area contributed by atoms with Crippen molar-refractivity contribution in [2.75, 3.05) is 44.7 Å². The Hall–Kier alpha value is -1.79. The molecule has 2 N–H and O–H groups in total. The SMILES string of the molecule is COc1cccc(N2CCN(C(=O)[C@@H]3C[C@@H](O)CN3)CC2)c1. The molecule has 0 aliphatic carbocycles. The van der Waals surface area contributed by atoms with E-state index in [-0.39, 0.29) is 11.9 Å². The minimum absolute atomic E-state index is 0.113. The molecule has 0 radical (unpaired) electrons. The molecule has 1 aromatic carbocycles. The third kappa shape index (κ3) is 3.18. The van der Waals surface area contributed by atoms with E-state index in [9.17, 15) is 9.90 Å². The zero-order chi connectivity index (χ0) is 15.5. The number of rotatable bonds is 3. The summed E-state index contributed by atoms with van der Waals surface area (Å²) in [5.41, 5.74) is 1.13. The fraction of sp³-hybridized carbons (Fsp3) is 0.562. The highest BCUT2D eigenvalue weighted by Crippen LogP contribution is 2.22. The van der Waals surface area contributed by atoms with Crippen molar-refractivity contribution in [3.8, 4) is 5.75 Å². The number of carbonyl (C=O) groups excluding carboxylic acids is 1. The molecule has 0 aromatic heterocycles. The van der Waals surface area contributed by atoms with Gasteiger partial charge in [-0.1, -0.05) is 6.07 Å². The van der Waals surface area contributed by atoms with Crippen LogP contribution in [-0.4, -0.2) is 67.9 Å². The number of amides is 1. The van der Waals surface area contributed by atoms with Gasteiger partial charge in [0.15, 0.2) is 0 Å². The summed E-state index contributed by atoms with van der Waals surface area (Å²) >= 11 is 0. The normalized spacial score (nSPS) is 25.4. The first kappa shape index (κ1) is 15.1. The number of benzene rings is 1. The number of hydrogen-bond acceptors (Lipinski definition) is 5. The van der Waals surface area contributed by atoms with Crippen molar-refractivity contribution in [1.29, 1.82) is 0 Å². The first-order chi connectivity index (χ1) is 10.7. The second-order valence-corrected chi connectivity index (χ2v) is 5.86. The third-order valence-corrected chi connectivity index (χ3v) is 4.42. The minimum Gasteiger partial charge on any atom is -0.497 e. The molecule has 0 unspecified atom stereocenters. The summed E-state index contributed by atoms with van der Waals surface area (Å²) in [4.78, 5) is 16.6. The first-order valence-corrected chi connectivity index (χ1v) is 7.76. The number of methoxy groups -OCH3 is 1. The molecule has 2 saturated heterocycles. The predicted octanol–water partition coefficient (Wildman–Crippen LogP) is 0.0666. The molecule has 0 saturated carbocycles. The summed E-state index contributed by atoms with van der Waals surface area (Å²) in [6.45, 7) is 3.57. The third-order valence-electron chi connectivity index (χ3n) is 4.42. The van der Waals surface area contributed by atoms with Crippen LogP contribution in [0, 0.1) is 0 Å². The Balaban J connectivity index is 1.56. The van der Waals surface area contributed by atoms with Crippen LogP contribution >= 0.6 is 0 Å². The topological polar surface area (TPSA) is 65.0 Å². The smallest absolute Gasteiger partial charge is 0.239 e. The van der Waals surface area contributed by atoms with E-state index in [1.54, 1.807) is 7.11 Å². The van der Waals surface area contributed by atoms with E-state index in [2.05, 4.69) is 16.3 Å². The molecular weight excluding hydrogens is 282 g/mol. The van der Waals surface area contributed by atoms with Gasteiger partial charge in [-0.3, -0.25) is 4.79 Å². The van der Waals surface area contributed by atoms with Gasteiger partial charge in [0.05, 0.1) is 19.3 Å². The molecule has 3 rings (SSSR count). The molecule has 6 heteroatoms. The lowest BCUT2D eigenvalue weighted by Gasteiger charge is -2.37. The molecule has 6 nitrogen and oxygen atoms in total. The summed E-state index contributed by atoms with van der Waals surface area (Å²) in [5.74, 6) is 0.960. The van der Waals surface area contributed by atoms with Crippen LogP contribution in [0.4, 0.5) is 5.69 Å². The Morgan fingerprint density at radius 1 is 1.32 bits per heavy atom. The lowest BCUT2D eigenvalue weighted by molar-refractivity contribution is -0.133. The van der Waals surface area contributed by atoms with Crippen molar-refractivity contribution >= 4 is 11.6 Å². The number of aliphatic hydroxyl groups is 1. The number of nitrogens with one attached hydrogen (secondary N) is 1. The van der Waals surface area contributed by atoms with Crippen LogP contribution in [0.15, 0.2) is 24.3 Å². The zero-order valence-electron chi connectivity index (χ0n) is 12.9. The van der Waals surface area contributed by atoms with Gasteiger partial charge < -0.3 is 25.0 Å². The molecule has 0 spiro atoms. The monoisotopic (exact) mass is 305 g/mol. The fourth-order valence-corrected chi connectivity index (χ4v) is 3.12. The van der Waals surface area contributed by atoms with Crippen molar-refractivity contribution < 1.29 is 14.6 Å². The number of ether oxygens (including phenoxy) is 1. The molecule has 2 heterocycles. The van der Waals surface area contributed by atoms with Crippen LogP contribution in [0.3, 0.4) is 0 Å². The average Bonchev–Trinajstić information content (AvgIpc) is 3.01. The number of nitrogens with zero attached hydrogens (tertiary/aromatic N) is 2. The highest BCUT2D eigenvalue weighted by molar-refractivity contribution is 5.82. The molecule has 2 aliphatic heterocycles. The van der Waals surface area contributed by atoms with E-state index < -0.39 is 6.10 Å². The maximum Gasteiger partial charge on any atom is 0.239 e. The second-order valence-electron chi connectivity index (χ2n) is 5.86. The van der Waals surface area contributed by atoms with Crippen molar-refractivity contribution in [2.45, 2.75) is 18.6 Å². The van der Waals surface area contributed by atoms with Gasteiger partial charge in [-0.05, 0) is 18.6 Å². The van der Waals surface area contributed by atoms with Crippen LogP contribution < -0.4 is 15.0 Å². The highest BCUT2D eigenvalue weighted by Gasteiger charge is 2.32. The van der Waals surface area contributed by atoms with Gasteiger partial charge >= 0.3 is 0 Å². The Kier molecular flexibility index (Phi) is 4.49. The van der Waals surface area contributed by atoms with Crippen LogP contribution in [0.5, 0.6) is 5.75 Å². The molecule has 1 amide bonds. The van der Waals surface area contributed by atoms with Gasteiger partial charge in [0.2, 0.25) is 5.91 Å². The van der Waals surface area contributed by atoms with Gasteiger partial charge in [0, 0.05) is 44.5 Å². The number of β-amino-alcohol motifs (C(OH)–C–C–N with tert-alkyl or cyclic N) is 1. The lowest BCUT2D eigenvalue weighted by atomic mass is 10.1. The van der Waals surface area contributed by atoms with E-state index in [0.717, 1.165) is 24.5 Å². The molecule has 0 bridgehead atoms. The minimum atomic E-state index is -0.396. The highest BCUT2D eigenvalue weighted by atomic mass is 16.5. The number of aliphatic hydroxyl groups excluding tert-OH is 1. The van der Waals surface area contributed by atoms with E-state index in [0.29, 0.717) is 26.1 Å². The Bertz CT molecular complexity index is 529. The Morgan fingerprint density at radius 2 is 2.09 bits per heavy atom. The van der Waals surface area contributed by atoms with Crippen molar-refractivity contribution in [1.82, 2.24) is 10.2 Å². The second kappa shape index (κ2) is 6.54. The summed E-state index contributed by atoms with van der Waals surface area (Å²) in [6, 6.07) is 7.77. The summed E-state index contributed by atoms with van der Waals surface area (Å²) in [6.07, 6.45) is 0.126. The zero-order valence-corrected chi connectivity index (χ0v) is 12.9. The first-order valence-electron chi connectivity index (χ1n) is 7.76. The molecule has 120 valence electrons. The number of carbonyl (C=O) groups is 1. The molecule has 2 fully saturated rings. The summed E-state index contributed by atoms with van der Waals surface area (Å²) < 4.78 is 5.26. The maximum atomic E-state index is 12.4. The van der Waals surface area contributed by atoms with Crippen LogP contribution in [0.1, 0.15) is 6.42 Å². The van der Waals surface area contributed by atoms with Crippen molar-refractivity contribution in [3.63, 3.8) is 0 Å². The van der Waals surface area contributed by atoms with Crippen molar-refractivity contribution in [2.24, 2.45) is 0 Å². The van der Waals surface area contributed by atoms with Gasteiger partial charge in [-0.15, -0.1) is 0 Å². The van der Waals surface area contributed by atoms with Gasteiger partial charge in [-0.25, -0.2) is 0 Å². The quantitative estimate of drug-likeness (QED) is 0.827. The van der Waals surface area contributed by atoms with E-state index in [4.69, 9.17) is 4.74 Å².